The number of hydrogen-bond acceptors (Lipinski definition) is 6. The molecule has 148 valence electrons. The van der Waals surface area contributed by atoms with Gasteiger partial charge < -0.3 is 14.4 Å². The normalized spacial score (nSPS) is 23.6. The summed E-state index contributed by atoms with van der Waals surface area (Å²) in [5.74, 6) is -1.13. The molecular formula is C19H25NO6S. The van der Waals surface area contributed by atoms with Crippen molar-refractivity contribution >= 4 is 21.7 Å². The number of rotatable bonds is 4. The lowest BCUT2D eigenvalue weighted by Gasteiger charge is -2.40. The second kappa shape index (κ2) is 7.50. The maximum atomic E-state index is 13.6. The first-order valence-electron chi connectivity index (χ1n) is 9.07. The van der Waals surface area contributed by atoms with Gasteiger partial charge in [0.15, 0.2) is 9.84 Å². The Kier molecular flexibility index (Phi) is 5.46. The van der Waals surface area contributed by atoms with E-state index in [-0.39, 0.29) is 11.7 Å². The van der Waals surface area contributed by atoms with Crippen molar-refractivity contribution < 1.29 is 27.5 Å². The minimum Gasteiger partial charge on any atom is -0.497 e. The van der Waals surface area contributed by atoms with Gasteiger partial charge in [0, 0.05) is 0 Å². The van der Waals surface area contributed by atoms with Gasteiger partial charge in [-0.2, -0.15) is 0 Å². The smallest absolute Gasteiger partial charge is 0.329 e. The Balaban J connectivity index is 2.01. The summed E-state index contributed by atoms with van der Waals surface area (Å²) in [6, 6.07) is 6.25. The van der Waals surface area contributed by atoms with Crippen LogP contribution in [0.1, 0.15) is 37.7 Å². The molecule has 0 unspecified atom stereocenters. The van der Waals surface area contributed by atoms with Gasteiger partial charge in [-0.15, -0.1) is 0 Å². The maximum Gasteiger partial charge on any atom is 0.329 e. The fourth-order valence-electron chi connectivity index (χ4n) is 4.18. The third kappa shape index (κ3) is 3.67. The van der Waals surface area contributed by atoms with E-state index in [1.165, 1.54) is 12.0 Å². The quantitative estimate of drug-likeness (QED) is 0.720. The Morgan fingerprint density at radius 1 is 1.07 bits per heavy atom. The van der Waals surface area contributed by atoms with Crippen molar-refractivity contribution in [1.82, 2.24) is 4.90 Å². The summed E-state index contributed by atoms with van der Waals surface area (Å²) in [5, 5.41) is 0. The van der Waals surface area contributed by atoms with Gasteiger partial charge in [0.1, 0.15) is 17.7 Å². The third-order valence-corrected chi connectivity index (χ3v) is 7.11. The van der Waals surface area contributed by atoms with Crippen LogP contribution in [0.2, 0.25) is 0 Å². The van der Waals surface area contributed by atoms with Crippen LogP contribution in [0.15, 0.2) is 24.3 Å². The van der Waals surface area contributed by atoms with Crippen LogP contribution in [0.25, 0.3) is 0 Å². The largest absolute Gasteiger partial charge is 0.497 e. The highest BCUT2D eigenvalue weighted by atomic mass is 32.2. The summed E-state index contributed by atoms with van der Waals surface area (Å²) in [6.45, 7) is 0. The zero-order chi connectivity index (χ0) is 19.7. The first kappa shape index (κ1) is 19.7. The summed E-state index contributed by atoms with van der Waals surface area (Å²) in [7, 11) is -0.739. The van der Waals surface area contributed by atoms with Gasteiger partial charge in [-0.25, -0.2) is 13.2 Å². The Labute approximate surface area is 159 Å². The predicted molar refractivity (Wildman–Crippen MR) is 99.1 cm³/mol. The highest BCUT2D eigenvalue weighted by Crippen LogP contribution is 2.42. The molecule has 0 aromatic heterocycles. The van der Waals surface area contributed by atoms with Crippen molar-refractivity contribution in [2.45, 2.75) is 43.6 Å². The summed E-state index contributed by atoms with van der Waals surface area (Å²) in [5.41, 5.74) is 0.0114. The molecule has 8 heteroatoms. The van der Waals surface area contributed by atoms with Gasteiger partial charge in [-0.3, -0.25) is 4.79 Å². The Bertz CT molecular complexity index is 811. The summed E-state index contributed by atoms with van der Waals surface area (Å²) in [4.78, 5) is 27.0. The van der Waals surface area contributed by atoms with Crippen molar-refractivity contribution in [1.29, 1.82) is 0 Å². The molecule has 2 aliphatic rings. The zero-order valence-electron chi connectivity index (χ0n) is 15.6. The molecule has 1 atom stereocenters. The number of carbonyl (C=O) groups excluding carboxylic acids is 2. The number of sulfone groups is 1. The second-order valence-electron chi connectivity index (χ2n) is 7.22. The van der Waals surface area contributed by atoms with Gasteiger partial charge >= 0.3 is 5.97 Å². The van der Waals surface area contributed by atoms with Crippen LogP contribution < -0.4 is 4.74 Å². The summed E-state index contributed by atoms with van der Waals surface area (Å²) < 4.78 is 34.3. The molecule has 27 heavy (non-hydrogen) atoms. The SMILES string of the molecule is COC(=O)[C@H]1CS(=O)(=O)CN1C(=O)C1(c2ccc(OC)cc2)CCCCC1. The lowest BCUT2D eigenvalue weighted by atomic mass is 9.68. The van der Waals surface area contributed by atoms with Crippen molar-refractivity contribution in [3.8, 4) is 5.75 Å². The van der Waals surface area contributed by atoms with E-state index in [4.69, 9.17) is 9.47 Å². The molecule has 0 bridgehead atoms. The van der Waals surface area contributed by atoms with E-state index in [0.717, 1.165) is 24.8 Å². The molecule has 1 aromatic carbocycles. The van der Waals surface area contributed by atoms with E-state index < -0.39 is 33.1 Å². The van der Waals surface area contributed by atoms with Gasteiger partial charge in [0.2, 0.25) is 5.91 Å². The molecule has 1 amide bonds. The van der Waals surface area contributed by atoms with Crippen LogP contribution in [0.5, 0.6) is 5.75 Å². The van der Waals surface area contributed by atoms with Crippen molar-refractivity contribution in [3.63, 3.8) is 0 Å². The number of nitrogens with zero attached hydrogens (tertiary/aromatic N) is 1. The minimum absolute atomic E-state index is 0.302. The summed E-state index contributed by atoms with van der Waals surface area (Å²) >= 11 is 0. The van der Waals surface area contributed by atoms with Crippen molar-refractivity contribution in [2.24, 2.45) is 0 Å². The van der Waals surface area contributed by atoms with Gasteiger partial charge in [-0.1, -0.05) is 31.4 Å². The number of methoxy groups -OCH3 is 2. The Morgan fingerprint density at radius 2 is 1.70 bits per heavy atom. The van der Waals surface area contributed by atoms with Crippen LogP contribution >= 0.6 is 0 Å². The Morgan fingerprint density at radius 3 is 2.26 bits per heavy atom. The molecule has 0 N–H and O–H groups in total. The molecule has 1 aliphatic heterocycles. The molecule has 3 rings (SSSR count). The molecule has 1 saturated heterocycles. The summed E-state index contributed by atoms with van der Waals surface area (Å²) in [6.07, 6.45) is 4.04. The molecule has 1 saturated carbocycles. The van der Waals surface area contributed by atoms with E-state index in [0.29, 0.717) is 18.6 Å². The number of carbonyl (C=O) groups is 2. The first-order chi connectivity index (χ1) is 12.8. The highest BCUT2D eigenvalue weighted by Gasteiger charge is 2.51. The molecule has 1 aromatic rings. The zero-order valence-corrected chi connectivity index (χ0v) is 16.5. The highest BCUT2D eigenvalue weighted by molar-refractivity contribution is 7.91. The van der Waals surface area contributed by atoms with Crippen molar-refractivity contribution in [2.75, 3.05) is 25.8 Å². The first-order valence-corrected chi connectivity index (χ1v) is 10.9. The van der Waals surface area contributed by atoms with E-state index in [1.807, 2.05) is 12.1 Å². The molecule has 2 fully saturated rings. The predicted octanol–water partition coefficient (Wildman–Crippen LogP) is 1.65. The van der Waals surface area contributed by atoms with E-state index >= 15 is 0 Å². The lowest BCUT2D eigenvalue weighted by Crippen LogP contribution is -2.52. The molecule has 1 heterocycles. The minimum atomic E-state index is -3.52. The topological polar surface area (TPSA) is 90.0 Å². The number of amides is 1. The lowest BCUT2D eigenvalue weighted by molar-refractivity contribution is -0.153. The van der Waals surface area contributed by atoms with Gasteiger partial charge in [0.25, 0.3) is 0 Å². The van der Waals surface area contributed by atoms with Gasteiger partial charge in [-0.05, 0) is 30.5 Å². The molecular weight excluding hydrogens is 370 g/mol. The van der Waals surface area contributed by atoms with Gasteiger partial charge in [0.05, 0.1) is 25.4 Å². The fraction of sp³-hybridized carbons (Fsp3) is 0.579. The van der Waals surface area contributed by atoms with Crippen LogP contribution in [-0.4, -0.2) is 57.1 Å². The average molecular weight is 395 g/mol. The Hall–Kier alpha value is -2.09. The van der Waals surface area contributed by atoms with E-state index in [9.17, 15) is 18.0 Å². The number of esters is 1. The monoisotopic (exact) mass is 395 g/mol. The number of hydrogen-bond donors (Lipinski definition) is 0. The third-order valence-electron chi connectivity index (χ3n) is 5.62. The average Bonchev–Trinajstić information content (AvgIpc) is 3.02. The number of benzene rings is 1. The molecule has 0 radical (unpaired) electrons. The van der Waals surface area contributed by atoms with E-state index in [2.05, 4.69) is 0 Å². The van der Waals surface area contributed by atoms with E-state index in [1.54, 1.807) is 19.2 Å². The molecule has 1 aliphatic carbocycles. The fourth-order valence-corrected chi connectivity index (χ4v) is 5.81. The van der Waals surface area contributed by atoms with Crippen LogP contribution in [0, 0.1) is 0 Å². The van der Waals surface area contributed by atoms with Crippen LogP contribution in [-0.2, 0) is 29.6 Å². The second-order valence-corrected chi connectivity index (χ2v) is 9.30. The van der Waals surface area contributed by atoms with Crippen molar-refractivity contribution in [3.05, 3.63) is 29.8 Å². The van der Waals surface area contributed by atoms with Crippen LogP contribution in [0.3, 0.4) is 0 Å². The standard InChI is InChI=1S/C19H25NO6S/c1-25-15-8-6-14(7-9-15)19(10-4-3-5-11-19)18(22)20-13-27(23,24)12-16(20)17(21)26-2/h6-9,16H,3-5,10-13H2,1-2H3/t16-/m1/s1. The maximum absolute atomic E-state index is 13.6. The molecule has 7 nitrogen and oxygen atoms in total. The van der Waals surface area contributed by atoms with Crippen LogP contribution in [0.4, 0.5) is 0 Å². The number of ether oxygens (including phenoxy) is 2. The molecule has 0 spiro atoms.